The number of hydrogen-bond acceptors (Lipinski definition) is 7. The predicted molar refractivity (Wildman–Crippen MR) is 69.5 cm³/mol. The van der Waals surface area contributed by atoms with Gasteiger partial charge in [-0.05, 0) is 29.5 Å². The van der Waals surface area contributed by atoms with E-state index in [-0.39, 0.29) is 22.5 Å². The summed E-state index contributed by atoms with van der Waals surface area (Å²) in [5.74, 6) is 0.231. The molecule has 0 unspecified atom stereocenters. The molecule has 2 rings (SSSR count). The number of hydrogen-bond donors (Lipinski definition) is 2. The molecule has 0 saturated heterocycles. The number of anilines is 1. The van der Waals surface area contributed by atoms with Gasteiger partial charge < -0.3 is 15.6 Å². The Hall–Kier alpha value is -2.35. The van der Waals surface area contributed by atoms with Crippen molar-refractivity contribution in [3.63, 3.8) is 0 Å². The van der Waals surface area contributed by atoms with Crippen molar-refractivity contribution in [3.8, 4) is 11.5 Å². The molecule has 0 atom stereocenters. The Bertz CT molecular complexity index is 612. The number of nitrogens with two attached hydrogens (primary N) is 1. The molecule has 9 heteroatoms. The average Bonchev–Trinajstić information content (AvgIpc) is 2.78. The first-order valence-corrected chi connectivity index (χ1v) is 5.73. The number of tetrazole rings is 1. The van der Waals surface area contributed by atoms with Crippen molar-refractivity contribution in [2.24, 2.45) is 5.10 Å². The number of benzene rings is 1. The fraction of sp³-hybridized carbons (Fsp3) is 0.200. The third-order valence-corrected chi connectivity index (χ3v) is 2.43. The van der Waals surface area contributed by atoms with E-state index in [1.54, 1.807) is 13.0 Å². The van der Waals surface area contributed by atoms with Gasteiger partial charge in [0.15, 0.2) is 11.5 Å². The quantitative estimate of drug-likeness (QED) is 0.806. The molecule has 0 spiro atoms. The SMILES string of the molecule is CCOc1cc(/C=N/n2nnnc2N)cc(Cl)c1O. The number of nitrogen functional groups attached to an aromatic ring is 1. The molecule has 3 N–H and O–H groups in total. The predicted octanol–water partition coefficient (Wildman–Crippen LogP) is 0.895. The zero-order valence-corrected chi connectivity index (χ0v) is 10.7. The van der Waals surface area contributed by atoms with Crippen LogP contribution in [0.15, 0.2) is 17.2 Å². The van der Waals surface area contributed by atoms with E-state index in [4.69, 9.17) is 22.1 Å². The van der Waals surface area contributed by atoms with E-state index in [0.717, 1.165) is 4.79 Å². The molecule has 100 valence electrons. The number of rotatable bonds is 4. The van der Waals surface area contributed by atoms with Gasteiger partial charge in [-0.2, -0.15) is 5.10 Å². The molecule has 0 fully saturated rings. The summed E-state index contributed by atoms with van der Waals surface area (Å²) >= 11 is 5.88. The number of nitrogens with zero attached hydrogens (tertiary/aromatic N) is 5. The Balaban J connectivity index is 2.30. The first kappa shape index (κ1) is 13.1. The number of aromatic hydroxyl groups is 1. The molecule has 1 heterocycles. The van der Waals surface area contributed by atoms with Crippen molar-refractivity contribution in [1.82, 2.24) is 20.3 Å². The topological polar surface area (TPSA) is 111 Å². The van der Waals surface area contributed by atoms with Gasteiger partial charge in [0, 0.05) is 5.56 Å². The molecule has 8 nitrogen and oxygen atoms in total. The summed E-state index contributed by atoms with van der Waals surface area (Å²) in [5.41, 5.74) is 6.07. The van der Waals surface area contributed by atoms with E-state index < -0.39 is 0 Å². The van der Waals surface area contributed by atoms with Crippen LogP contribution in [-0.2, 0) is 0 Å². The molecular formula is C10H11ClN6O2. The lowest BCUT2D eigenvalue weighted by Crippen LogP contribution is -2.00. The van der Waals surface area contributed by atoms with E-state index in [0.29, 0.717) is 12.2 Å². The average molecular weight is 283 g/mol. The Morgan fingerprint density at radius 1 is 1.58 bits per heavy atom. The van der Waals surface area contributed by atoms with Crippen LogP contribution in [0.5, 0.6) is 11.5 Å². The van der Waals surface area contributed by atoms with Crippen LogP contribution in [0.25, 0.3) is 0 Å². The Morgan fingerprint density at radius 3 is 3.00 bits per heavy atom. The molecule has 19 heavy (non-hydrogen) atoms. The Morgan fingerprint density at radius 2 is 2.37 bits per heavy atom. The smallest absolute Gasteiger partial charge is 0.263 e. The van der Waals surface area contributed by atoms with Crippen molar-refractivity contribution in [2.45, 2.75) is 6.92 Å². The standard InChI is InChI=1S/C10H11ClN6O2/c1-2-19-8-4-6(3-7(11)9(8)18)5-13-17-10(12)14-15-16-17/h3-5,18H,2H2,1H3,(H2,12,14,16)/b13-5+. The number of halogens is 1. The fourth-order valence-electron chi connectivity index (χ4n) is 1.33. The zero-order chi connectivity index (χ0) is 13.8. The highest BCUT2D eigenvalue weighted by Gasteiger charge is 2.08. The molecule has 2 aromatic rings. The Kier molecular flexibility index (Phi) is 3.81. The van der Waals surface area contributed by atoms with Gasteiger partial charge in [-0.3, -0.25) is 0 Å². The number of ether oxygens (including phenoxy) is 1. The Labute approximate surface area is 113 Å². The van der Waals surface area contributed by atoms with Gasteiger partial charge in [0.05, 0.1) is 17.8 Å². The maximum atomic E-state index is 9.69. The molecule has 0 aliphatic heterocycles. The largest absolute Gasteiger partial charge is 0.503 e. The summed E-state index contributed by atoms with van der Waals surface area (Å²) in [6, 6.07) is 3.12. The lowest BCUT2D eigenvalue weighted by molar-refractivity contribution is 0.318. The second-order valence-electron chi connectivity index (χ2n) is 3.45. The summed E-state index contributed by atoms with van der Waals surface area (Å²) in [6.45, 7) is 2.21. The second kappa shape index (κ2) is 5.53. The highest BCUT2D eigenvalue weighted by atomic mass is 35.5. The highest BCUT2D eigenvalue weighted by Crippen LogP contribution is 2.34. The van der Waals surface area contributed by atoms with Crippen LogP contribution in [0.2, 0.25) is 5.02 Å². The third kappa shape index (κ3) is 2.91. The van der Waals surface area contributed by atoms with Gasteiger partial charge in [-0.25, -0.2) is 0 Å². The van der Waals surface area contributed by atoms with Crippen LogP contribution in [0.1, 0.15) is 12.5 Å². The first-order valence-electron chi connectivity index (χ1n) is 5.35. The number of aromatic nitrogens is 4. The van der Waals surface area contributed by atoms with Crippen LogP contribution in [0, 0.1) is 0 Å². The summed E-state index contributed by atoms with van der Waals surface area (Å²) in [4.78, 5) is 1.06. The molecule has 0 amide bonds. The van der Waals surface area contributed by atoms with E-state index in [1.165, 1.54) is 12.3 Å². The van der Waals surface area contributed by atoms with Gasteiger partial charge in [0.2, 0.25) is 0 Å². The van der Waals surface area contributed by atoms with E-state index >= 15 is 0 Å². The van der Waals surface area contributed by atoms with Gasteiger partial charge >= 0.3 is 0 Å². The minimum Gasteiger partial charge on any atom is -0.503 e. The van der Waals surface area contributed by atoms with Crippen LogP contribution in [0.4, 0.5) is 5.95 Å². The van der Waals surface area contributed by atoms with E-state index in [1.807, 2.05) is 0 Å². The first-order chi connectivity index (χ1) is 9.11. The van der Waals surface area contributed by atoms with Gasteiger partial charge in [0.1, 0.15) is 0 Å². The third-order valence-electron chi connectivity index (χ3n) is 2.14. The van der Waals surface area contributed by atoms with Crippen molar-refractivity contribution in [3.05, 3.63) is 22.7 Å². The van der Waals surface area contributed by atoms with Crippen LogP contribution in [-0.4, -0.2) is 38.2 Å². The van der Waals surface area contributed by atoms with Gasteiger partial charge in [0.25, 0.3) is 5.95 Å². The molecule has 0 aliphatic carbocycles. The monoisotopic (exact) mass is 282 g/mol. The minimum absolute atomic E-state index is 0.0613. The minimum atomic E-state index is -0.109. The van der Waals surface area contributed by atoms with Gasteiger partial charge in [-0.1, -0.05) is 21.5 Å². The lowest BCUT2D eigenvalue weighted by atomic mass is 10.2. The normalized spacial score (nSPS) is 11.1. The fourth-order valence-corrected chi connectivity index (χ4v) is 1.55. The number of phenols is 1. The zero-order valence-electron chi connectivity index (χ0n) is 9.99. The van der Waals surface area contributed by atoms with Crippen LogP contribution in [0.3, 0.4) is 0 Å². The van der Waals surface area contributed by atoms with Crippen molar-refractivity contribution in [2.75, 3.05) is 12.3 Å². The summed E-state index contributed by atoms with van der Waals surface area (Å²) in [7, 11) is 0. The van der Waals surface area contributed by atoms with Crippen molar-refractivity contribution in [1.29, 1.82) is 0 Å². The van der Waals surface area contributed by atoms with E-state index in [2.05, 4.69) is 20.6 Å². The molecule has 0 radical (unpaired) electrons. The van der Waals surface area contributed by atoms with Crippen molar-refractivity contribution >= 4 is 23.8 Å². The second-order valence-corrected chi connectivity index (χ2v) is 3.86. The maximum absolute atomic E-state index is 9.69. The lowest BCUT2D eigenvalue weighted by Gasteiger charge is -2.07. The maximum Gasteiger partial charge on any atom is 0.263 e. The molecule has 0 bridgehead atoms. The summed E-state index contributed by atoms with van der Waals surface area (Å²) < 4.78 is 5.25. The van der Waals surface area contributed by atoms with E-state index in [9.17, 15) is 5.11 Å². The summed E-state index contributed by atoms with van der Waals surface area (Å²) in [5, 5.41) is 24.2. The molecule has 0 saturated carbocycles. The molecular weight excluding hydrogens is 272 g/mol. The molecule has 1 aromatic heterocycles. The van der Waals surface area contributed by atoms with Crippen LogP contribution >= 0.6 is 11.6 Å². The van der Waals surface area contributed by atoms with Crippen molar-refractivity contribution < 1.29 is 9.84 Å². The molecule has 1 aromatic carbocycles. The van der Waals surface area contributed by atoms with Crippen LogP contribution < -0.4 is 10.5 Å². The highest BCUT2D eigenvalue weighted by molar-refractivity contribution is 6.32. The number of phenolic OH excluding ortho intramolecular Hbond substituents is 1. The van der Waals surface area contributed by atoms with Gasteiger partial charge in [-0.15, -0.1) is 0 Å². The summed E-state index contributed by atoms with van der Waals surface area (Å²) in [6.07, 6.45) is 1.44. The molecule has 0 aliphatic rings.